The van der Waals surface area contributed by atoms with Gasteiger partial charge in [-0.3, -0.25) is 0 Å². The summed E-state index contributed by atoms with van der Waals surface area (Å²) in [7, 11) is 0. The summed E-state index contributed by atoms with van der Waals surface area (Å²) in [6.45, 7) is 7.05. The lowest BCUT2D eigenvalue weighted by Crippen LogP contribution is -2.34. The summed E-state index contributed by atoms with van der Waals surface area (Å²) in [6.07, 6.45) is 28.5. The molecule has 0 aromatic heterocycles. The Labute approximate surface area is 182 Å². The van der Waals surface area contributed by atoms with Crippen LogP contribution in [0.1, 0.15) is 143 Å². The Kier molecular flexibility index (Phi) is 12.6. The second-order valence-electron chi connectivity index (χ2n) is 10.2. The molecule has 0 unspecified atom stereocenters. The van der Waals surface area contributed by atoms with Crippen molar-refractivity contribution in [3.05, 3.63) is 0 Å². The smallest absolute Gasteiger partial charge is 0.0160 e. The van der Waals surface area contributed by atoms with Crippen molar-refractivity contribution < 1.29 is 0 Å². The van der Waals surface area contributed by atoms with E-state index in [1.54, 1.807) is 38.5 Å². The van der Waals surface area contributed by atoms with Crippen LogP contribution < -0.4 is 0 Å². The third-order valence-electron chi connectivity index (χ3n) is 8.15. The first-order chi connectivity index (χ1) is 13.7. The minimum Gasteiger partial charge on any atom is -0.155 e. The molecule has 1 heteroatoms. The van der Waals surface area contributed by atoms with E-state index in [2.05, 4.69) is 32.5 Å². The van der Waals surface area contributed by atoms with Crippen LogP contribution in [0.3, 0.4) is 0 Å². The van der Waals surface area contributed by atoms with E-state index in [1.807, 2.05) is 0 Å². The standard InChI is InChI=1S/C27H52S/c1-4-7-9-10-11-13-21-27(28-6-3)22-19-26(20-23-27)25-17-15-24(16-18-25)14-12-8-5-2/h24-26H,4-23H2,1-3H3. The fraction of sp³-hybridized carbons (Fsp3) is 1.00. The molecule has 0 radical (unpaired) electrons. The number of thioether (sulfide) groups is 1. The first-order valence-corrected chi connectivity index (χ1v) is 14.4. The topological polar surface area (TPSA) is 0 Å². The largest absolute Gasteiger partial charge is 0.155 e. The van der Waals surface area contributed by atoms with Gasteiger partial charge in [0, 0.05) is 4.75 Å². The van der Waals surface area contributed by atoms with E-state index < -0.39 is 0 Å². The number of unbranched alkanes of at least 4 members (excludes halogenated alkanes) is 7. The lowest BCUT2D eigenvalue weighted by Gasteiger charge is -2.43. The third kappa shape index (κ3) is 8.61. The molecular weight excluding hydrogens is 356 g/mol. The Morgan fingerprint density at radius 3 is 1.86 bits per heavy atom. The van der Waals surface area contributed by atoms with Crippen LogP contribution in [0, 0.1) is 17.8 Å². The van der Waals surface area contributed by atoms with Crippen LogP contribution in [-0.4, -0.2) is 10.5 Å². The van der Waals surface area contributed by atoms with Gasteiger partial charge in [0.05, 0.1) is 0 Å². The van der Waals surface area contributed by atoms with Crippen molar-refractivity contribution in [3.63, 3.8) is 0 Å². The molecule has 2 saturated carbocycles. The zero-order chi connectivity index (χ0) is 20.1. The zero-order valence-corrected chi connectivity index (χ0v) is 20.6. The van der Waals surface area contributed by atoms with E-state index in [0.29, 0.717) is 4.75 Å². The van der Waals surface area contributed by atoms with E-state index >= 15 is 0 Å². The summed E-state index contributed by atoms with van der Waals surface area (Å²) in [5.74, 6) is 4.56. The van der Waals surface area contributed by atoms with Crippen molar-refractivity contribution in [2.75, 3.05) is 5.75 Å². The van der Waals surface area contributed by atoms with Gasteiger partial charge in [-0.1, -0.05) is 97.8 Å². The summed E-state index contributed by atoms with van der Waals surface area (Å²) < 4.78 is 0.660. The Bertz CT molecular complexity index is 360. The van der Waals surface area contributed by atoms with Crippen LogP contribution >= 0.6 is 11.8 Å². The molecule has 2 aliphatic carbocycles. The van der Waals surface area contributed by atoms with Crippen molar-refractivity contribution in [1.29, 1.82) is 0 Å². The van der Waals surface area contributed by atoms with Gasteiger partial charge >= 0.3 is 0 Å². The van der Waals surface area contributed by atoms with E-state index in [1.165, 1.54) is 89.2 Å². The predicted octanol–water partition coefficient (Wildman–Crippen LogP) is 9.81. The number of hydrogen-bond acceptors (Lipinski definition) is 1. The molecule has 0 atom stereocenters. The maximum atomic E-state index is 2.39. The monoisotopic (exact) mass is 408 g/mol. The van der Waals surface area contributed by atoms with Gasteiger partial charge in [-0.05, 0) is 68.5 Å². The molecule has 0 nitrogen and oxygen atoms in total. The summed E-state index contributed by atoms with van der Waals surface area (Å²) in [4.78, 5) is 0. The molecule has 0 N–H and O–H groups in total. The summed E-state index contributed by atoms with van der Waals surface area (Å²) in [5.41, 5.74) is 0. The molecule has 0 spiro atoms. The van der Waals surface area contributed by atoms with E-state index in [4.69, 9.17) is 0 Å². The minimum absolute atomic E-state index is 0.660. The molecule has 0 amide bonds. The van der Waals surface area contributed by atoms with Crippen molar-refractivity contribution in [2.45, 2.75) is 148 Å². The molecular formula is C27H52S. The SMILES string of the molecule is CCCCCCCCC1(SCC)CCC(C2CCC(CCCCC)CC2)CC1. The highest BCUT2D eigenvalue weighted by atomic mass is 32.2. The van der Waals surface area contributed by atoms with E-state index in [0.717, 1.165) is 17.8 Å². The molecule has 0 aromatic carbocycles. The maximum absolute atomic E-state index is 2.39. The summed E-state index contributed by atoms with van der Waals surface area (Å²) in [6, 6.07) is 0. The number of rotatable bonds is 14. The Hall–Kier alpha value is 0.350. The summed E-state index contributed by atoms with van der Waals surface area (Å²) >= 11 is 2.33. The first-order valence-electron chi connectivity index (χ1n) is 13.4. The van der Waals surface area contributed by atoms with Crippen molar-refractivity contribution in [3.8, 4) is 0 Å². The zero-order valence-electron chi connectivity index (χ0n) is 19.8. The van der Waals surface area contributed by atoms with Crippen molar-refractivity contribution in [1.82, 2.24) is 0 Å². The Morgan fingerprint density at radius 2 is 1.21 bits per heavy atom. The molecule has 28 heavy (non-hydrogen) atoms. The van der Waals surface area contributed by atoms with Crippen LogP contribution in [0.25, 0.3) is 0 Å². The predicted molar refractivity (Wildman–Crippen MR) is 130 cm³/mol. The average Bonchev–Trinajstić information content (AvgIpc) is 2.72. The molecule has 2 rings (SSSR count). The van der Waals surface area contributed by atoms with Gasteiger partial charge in [-0.15, -0.1) is 0 Å². The molecule has 0 heterocycles. The number of hydrogen-bond donors (Lipinski definition) is 0. The van der Waals surface area contributed by atoms with Crippen LogP contribution in [0.5, 0.6) is 0 Å². The molecule has 2 fully saturated rings. The first kappa shape index (κ1) is 24.6. The van der Waals surface area contributed by atoms with E-state index in [9.17, 15) is 0 Å². The molecule has 0 aromatic rings. The van der Waals surface area contributed by atoms with Crippen molar-refractivity contribution in [2.24, 2.45) is 17.8 Å². The van der Waals surface area contributed by atoms with Gasteiger partial charge in [0.15, 0.2) is 0 Å². The molecule has 2 aliphatic rings. The average molecular weight is 409 g/mol. The fourth-order valence-electron chi connectivity index (χ4n) is 6.27. The molecule has 0 bridgehead atoms. The minimum atomic E-state index is 0.660. The highest BCUT2D eigenvalue weighted by Gasteiger charge is 2.38. The van der Waals surface area contributed by atoms with Crippen LogP contribution in [-0.2, 0) is 0 Å². The van der Waals surface area contributed by atoms with Crippen LogP contribution in [0.2, 0.25) is 0 Å². The maximum Gasteiger partial charge on any atom is 0.0160 e. The van der Waals surface area contributed by atoms with Gasteiger partial charge in [-0.25, -0.2) is 0 Å². The van der Waals surface area contributed by atoms with Gasteiger partial charge in [0.2, 0.25) is 0 Å². The molecule has 166 valence electrons. The van der Waals surface area contributed by atoms with Crippen LogP contribution in [0.15, 0.2) is 0 Å². The van der Waals surface area contributed by atoms with E-state index in [-0.39, 0.29) is 0 Å². The highest BCUT2D eigenvalue weighted by molar-refractivity contribution is 8.00. The van der Waals surface area contributed by atoms with Crippen LogP contribution in [0.4, 0.5) is 0 Å². The lowest BCUT2D eigenvalue weighted by atomic mass is 9.68. The van der Waals surface area contributed by atoms with Gasteiger partial charge < -0.3 is 0 Å². The lowest BCUT2D eigenvalue weighted by molar-refractivity contribution is 0.148. The normalized spacial score (nSPS) is 31.2. The Morgan fingerprint density at radius 1 is 0.643 bits per heavy atom. The molecule has 0 aliphatic heterocycles. The van der Waals surface area contributed by atoms with Gasteiger partial charge in [0.1, 0.15) is 0 Å². The second-order valence-corrected chi connectivity index (χ2v) is 12.0. The quantitative estimate of drug-likeness (QED) is 0.258. The van der Waals surface area contributed by atoms with Gasteiger partial charge in [0.25, 0.3) is 0 Å². The molecule has 0 saturated heterocycles. The van der Waals surface area contributed by atoms with Gasteiger partial charge in [-0.2, -0.15) is 11.8 Å². The summed E-state index contributed by atoms with van der Waals surface area (Å²) in [5, 5.41) is 0. The Balaban J connectivity index is 1.67. The van der Waals surface area contributed by atoms with Crippen molar-refractivity contribution >= 4 is 11.8 Å². The fourth-order valence-corrected chi connectivity index (χ4v) is 7.69. The second kappa shape index (κ2) is 14.4. The highest BCUT2D eigenvalue weighted by Crippen LogP contribution is 2.49. The third-order valence-corrected chi connectivity index (χ3v) is 9.67.